The molecular formula is C42H43F3N4O6S. The molecule has 2 fully saturated rings. The summed E-state index contributed by atoms with van der Waals surface area (Å²) in [6, 6.07) is 19.1. The number of methoxy groups -OCH3 is 1. The van der Waals surface area contributed by atoms with Crippen molar-refractivity contribution in [2.24, 2.45) is 5.92 Å². The van der Waals surface area contributed by atoms with Gasteiger partial charge in [0.05, 0.1) is 24.2 Å². The van der Waals surface area contributed by atoms with Crippen LogP contribution in [0, 0.1) is 5.92 Å². The molecule has 3 aliphatic rings. The van der Waals surface area contributed by atoms with Crippen LogP contribution in [0.4, 0.5) is 18.0 Å². The van der Waals surface area contributed by atoms with Crippen molar-refractivity contribution < 1.29 is 40.1 Å². The van der Waals surface area contributed by atoms with Gasteiger partial charge in [0.15, 0.2) is 5.75 Å². The number of ether oxygens (including phenoxy) is 1. The number of fused-ring (bicyclic) bond motifs is 4. The number of nitrogens with zero attached hydrogens (tertiary/aromatic N) is 2. The molecule has 4 aromatic carbocycles. The van der Waals surface area contributed by atoms with Crippen molar-refractivity contribution >= 4 is 43.9 Å². The molecule has 2 heterocycles. The summed E-state index contributed by atoms with van der Waals surface area (Å²) in [5.41, 5.74) is 2.44. The first-order chi connectivity index (χ1) is 26.7. The minimum Gasteiger partial charge on any atom is -0.453 e. The Balaban J connectivity index is 1.18. The Labute approximate surface area is 322 Å². The number of alkyl carbamates (subject to hydrolysis) is 1. The van der Waals surface area contributed by atoms with E-state index in [-0.39, 0.29) is 34.4 Å². The van der Waals surface area contributed by atoms with Crippen LogP contribution >= 0.6 is 0 Å². The zero-order valence-electron chi connectivity index (χ0n) is 31.3. The van der Waals surface area contributed by atoms with Crippen molar-refractivity contribution in [1.82, 2.24) is 20.2 Å². The number of alkyl halides is 3. The fraction of sp³-hybridized carbons (Fsp3) is 0.405. The van der Waals surface area contributed by atoms with Gasteiger partial charge in [0.2, 0.25) is 5.91 Å². The van der Waals surface area contributed by atoms with Crippen molar-refractivity contribution in [2.75, 3.05) is 13.7 Å². The second-order valence-electron chi connectivity index (χ2n) is 15.5. The molecule has 1 saturated carbocycles. The maximum atomic E-state index is 13.8. The fourth-order valence-electron chi connectivity index (χ4n) is 9.34. The van der Waals surface area contributed by atoms with Gasteiger partial charge in [-0.3, -0.25) is 4.79 Å². The Morgan fingerprint density at radius 3 is 2.38 bits per heavy atom. The van der Waals surface area contributed by atoms with Crippen LogP contribution < -0.4 is 9.50 Å². The monoisotopic (exact) mass is 788 g/mol. The SMILES string of the molecule is COC(=O)N[C@H](C(=O)N1CCC[C@H]1c1nc2ccc(-c3ccc(-c4ccc(OS(=O)(=O)C(F)(F)F)c5ccccc45)c4c3C3(CCCC3)CC4)cc2[nH]1)C(C)C. The number of imidazole rings is 1. The number of aromatic nitrogens is 2. The minimum atomic E-state index is -5.86. The Morgan fingerprint density at radius 1 is 0.946 bits per heavy atom. The smallest absolute Gasteiger partial charge is 0.453 e. The number of halogens is 3. The Hall–Kier alpha value is -5.11. The van der Waals surface area contributed by atoms with Crippen LogP contribution in [0.1, 0.15) is 81.8 Å². The third kappa shape index (κ3) is 6.45. The molecule has 2 atom stereocenters. The average Bonchev–Trinajstić information content (AvgIpc) is 4.00. The maximum absolute atomic E-state index is 13.8. The lowest BCUT2D eigenvalue weighted by Gasteiger charge is -2.29. The molecule has 0 radical (unpaired) electrons. The largest absolute Gasteiger partial charge is 0.534 e. The third-order valence-electron chi connectivity index (χ3n) is 12.0. The van der Waals surface area contributed by atoms with E-state index in [4.69, 9.17) is 9.72 Å². The van der Waals surface area contributed by atoms with E-state index >= 15 is 0 Å². The lowest BCUT2D eigenvalue weighted by atomic mass is 9.76. The van der Waals surface area contributed by atoms with Gasteiger partial charge in [0.1, 0.15) is 11.9 Å². The molecule has 2 aliphatic carbocycles. The average molecular weight is 789 g/mol. The van der Waals surface area contributed by atoms with Crippen LogP contribution in [0.25, 0.3) is 44.1 Å². The molecular weight excluding hydrogens is 746 g/mol. The van der Waals surface area contributed by atoms with E-state index < -0.39 is 27.8 Å². The van der Waals surface area contributed by atoms with E-state index in [1.807, 2.05) is 19.9 Å². The van der Waals surface area contributed by atoms with Crippen LogP contribution in [0.3, 0.4) is 0 Å². The first kappa shape index (κ1) is 37.8. The Kier molecular flexibility index (Phi) is 9.53. The minimum absolute atomic E-state index is 0.00960. The molecule has 294 valence electrons. The molecule has 56 heavy (non-hydrogen) atoms. The van der Waals surface area contributed by atoms with Crippen molar-refractivity contribution in [3.63, 3.8) is 0 Å². The van der Waals surface area contributed by atoms with E-state index in [0.717, 1.165) is 84.7 Å². The van der Waals surface area contributed by atoms with Crippen LogP contribution in [0.5, 0.6) is 5.75 Å². The summed E-state index contributed by atoms with van der Waals surface area (Å²) in [5, 5.41) is 3.56. The number of carbonyl (C=O) groups is 2. The second-order valence-corrected chi connectivity index (χ2v) is 17.1. The van der Waals surface area contributed by atoms with Crippen LogP contribution in [0.2, 0.25) is 0 Å². The van der Waals surface area contributed by atoms with Gasteiger partial charge in [0.25, 0.3) is 0 Å². The summed E-state index contributed by atoms with van der Waals surface area (Å²) in [7, 11) is -4.59. The zero-order chi connectivity index (χ0) is 39.6. The molecule has 1 saturated heterocycles. The molecule has 1 aliphatic heterocycles. The topological polar surface area (TPSA) is 131 Å². The van der Waals surface area contributed by atoms with E-state index in [2.05, 4.69) is 38.7 Å². The molecule has 5 aromatic rings. The molecule has 0 bridgehead atoms. The highest BCUT2D eigenvalue weighted by Crippen LogP contribution is 2.56. The summed E-state index contributed by atoms with van der Waals surface area (Å²) >= 11 is 0. The van der Waals surface area contributed by atoms with E-state index in [0.29, 0.717) is 17.8 Å². The number of aromatic amines is 1. The van der Waals surface area contributed by atoms with E-state index in [1.54, 1.807) is 35.2 Å². The fourth-order valence-corrected chi connectivity index (χ4v) is 9.82. The second kappa shape index (κ2) is 14.1. The molecule has 8 rings (SSSR count). The summed E-state index contributed by atoms with van der Waals surface area (Å²) < 4.78 is 73.2. The molecule has 10 nitrogen and oxygen atoms in total. The van der Waals surface area contributed by atoms with E-state index in [9.17, 15) is 31.2 Å². The number of hydrogen-bond acceptors (Lipinski definition) is 7. The van der Waals surface area contributed by atoms with Crippen LogP contribution in [-0.2, 0) is 31.5 Å². The molecule has 1 spiro atoms. The summed E-state index contributed by atoms with van der Waals surface area (Å²) in [4.78, 5) is 36.1. The molecule has 0 unspecified atom stereocenters. The quantitative estimate of drug-likeness (QED) is 0.119. The van der Waals surface area contributed by atoms with Gasteiger partial charge < -0.3 is 24.1 Å². The van der Waals surface area contributed by atoms with Gasteiger partial charge in [-0.05, 0) is 113 Å². The lowest BCUT2D eigenvalue weighted by Crippen LogP contribution is -2.51. The Bertz CT molecular complexity index is 2470. The molecule has 2 amide bonds. The lowest BCUT2D eigenvalue weighted by molar-refractivity contribution is -0.135. The summed E-state index contributed by atoms with van der Waals surface area (Å²) in [5.74, 6) is -0.00438. The number of benzene rings is 4. The predicted octanol–water partition coefficient (Wildman–Crippen LogP) is 9.08. The molecule has 14 heteroatoms. The number of nitrogens with one attached hydrogen (secondary N) is 2. The predicted molar refractivity (Wildman–Crippen MR) is 206 cm³/mol. The number of amides is 2. The van der Waals surface area contributed by atoms with Gasteiger partial charge in [-0.1, -0.05) is 69.2 Å². The number of rotatable bonds is 8. The first-order valence-corrected chi connectivity index (χ1v) is 20.5. The highest BCUT2D eigenvalue weighted by molar-refractivity contribution is 7.88. The maximum Gasteiger partial charge on any atom is 0.534 e. The number of H-pyrrole nitrogens is 1. The first-order valence-electron chi connectivity index (χ1n) is 19.1. The van der Waals surface area contributed by atoms with Gasteiger partial charge in [-0.15, -0.1) is 0 Å². The van der Waals surface area contributed by atoms with Crippen molar-refractivity contribution in [1.29, 1.82) is 0 Å². The normalized spacial score (nSPS) is 18.6. The Morgan fingerprint density at radius 2 is 1.66 bits per heavy atom. The zero-order valence-corrected chi connectivity index (χ0v) is 32.1. The van der Waals surface area contributed by atoms with Crippen molar-refractivity contribution in [2.45, 2.75) is 88.2 Å². The van der Waals surface area contributed by atoms with Gasteiger partial charge >= 0.3 is 21.7 Å². The highest BCUT2D eigenvalue weighted by atomic mass is 32.2. The summed E-state index contributed by atoms with van der Waals surface area (Å²) in [6.07, 6.45) is 7.07. The van der Waals surface area contributed by atoms with Crippen molar-refractivity contribution in [3.8, 4) is 28.0 Å². The number of hydrogen-bond donors (Lipinski definition) is 2. The highest BCUT2D eigenvalue weighted by Gasteiger charge is 2.49. The van der Waals surface area contributed by atoms with Gasteiger partial charge in [0, 0.05) is 11.9 Å². The standard InChI is InChI=1S/C42H43F3N4O6S/c1-24(2)37(48-40(51)54-3)39(50)49-22-8-11-34(49)38-46-32-16-12-25(23-33(32)47-38)26-13-14-29(31-18-21-41(36(26)31)19-6-7-20-41)28-15-17-35(30-10-5-4-9-27(28)30)55-56(52,53)42(43,44)45/h4-5,9-10,12-17,23-24,34,37H,6-8,11,18-22H2,1-3H3,(H,46,47)(H,48,51)/t34-,37-/m0/s1. The van der Waals surface area contributed by atoms with E-state index in [1.165, 1.54) is 24.3 Å². The van der Waals surface area contributed by atoms with Crippen molar-refractivity contribution in [3.05, 3.63) is 83.7 Å². The molecule has 2 N–H and O–H groups in total. The van der Waals surface area contributed by atoms with Gasteiger partial charge in [-0.2, -0.15) is 21.6 Å². The molecule has 1 aromatic heterocycles. The third-order valence-corrected chi connectivity index (χ3v) is 12.9. The number of carbonyl (C=O) groups excluding carboxylic acids is 2. The van der Waals surface area contributed by atoms with Crippen LogP contribution in [0.15, 0.2) is 66.7 Å². The van der Waals surface area contributed by atoms with Gasteiger partial charge in [-0.25, -0.2) is 9.78 Å². The summed E-state index contributed by atoms with van der Waals surface area (Å²) in [6.45, 7) is 4.32. The van der Waals surface area contributed by atoms with Crippen LogP contribution in [-0.4, -0.2) is 60.5 Å². The number of likely N-dealkylation sites (tertiary alicyclic amines) is 1.